The summed E-state index contributed by atoms with van der Waals surface area (Å²) < 4.78 is 4.81. The lowest BCUT2D eigenvalue weighted by molar-refractivity contribution is 0.177. The molecule has 0 fully saturated rings. The zero-order valence-electron chi connectivity index (χ0n) is 6.40. The van der Waals surface area contributed by atoms with E-state index in [2.05, 4.69) is 15.4 Å². The van der Waals surface area contributed by atoms with Gasteiger partial charge in [-0.05, 0) is 5.21 Å². The van der Waals surface area contributed by atoms with Gasteiger partial charge in [-0.3, -0.25) is 0 Å². The highest BCUT2D eigenvalue weighted by Crippen LogP contribution is 1.87. The summed E-state index contributed by atoms with van der Waals surface area (Å²) in [5.41, 5.74) is 5.28. The van der Waals surface area contributed by atoms with Crippen molar-refractivity contribution in [1.82, 2.24) is 20.2 Å². The van der Waals surface area contributed by atoms with Gasteiger partial charge in [-0.1, -0.05) is 0 Å². The van der Waals surface area contributed by atoms with Crippen LogP contribution in [-0.2, 0) is 17.9 Å². The smallest absolute Gasteiger partial charge is 0.200 e. The third kappa shape index (κ3) is 2.24. The number of methoxy groups -OCH3 is 1. The summed E-state index contributed by atoms with van der Waals surface area (Å²) in [6.07, 6.45) is 0. The van der Waals surface area contributed by atoms with E-state index in [0.29, 0.717) is 25.5 Å². The molecule has 2 N–H and O–H groups in total. The van der Waals surface area contributed by atoms with Gasteiger partial charge in [0.05, 0.1) is 6.54 Å². The van der Waals surface area contributed by atoms with Crippen molar-refractivity contribution in [1.29, 1.82) is 0 Å². The van der Waals surface area contributed by atoms with Crippen LogP contribution in [0.4, 0.5) is 0 Å². The second-order valence-corrected chi connectivity index (χ2v) is 2.02. The standard InChI is InChI=1S/C5H11N5O/c1-11-4-5-7-9-10(8-5)3-2-6/h2-4,6H2,1H3. The maximum absolute atomic E-state index is 5.28. The fourth-order valence-electron chi connectivity index (χ4n) is 0.674. The highest BCUT2D eigenvalue weighted by Gasteiger charge is 1.99. The molecule has 0 amide bonds. The van der Waals surface area contributed by atoms with E-state index in [4.69, 9.17) is 10.5 Å². The van der Waals surface area contributed by atoms with E-state index in [1.807, 2.05) is 0 Å². The lowest BCUT2D eigenvalue weighted by Crippen LogP contribution is -2.12. The second-order valence-electron chi connectivity index (χ2n) is 2.02. The summed E-state index contributed by atoms with van der Waals surface area (Å²) in [5.74, 6) is 0.584. The van der Waals surface area contributed by atoms with E-state index in [1.165, 1.54) is 4.80 Å². The van der Waals surface area contributed by atoms with Crippen LogP contribution in [0.1, 0.15) is 5.82 Å². The maximum atomic E-state index is 5.28. The summed E-state index contributed by atoms with van der Waals surface area (Å²) in [6.45, 7) is 1.50. The quantitative estimate of drug-likeness (QED) is 0.592. The highest BCUT2D eigenvalue weighted by molar-refractivity contribution is 4.71. The van der Waals surface area contributed by atoms with Gasteiger partial charge in [0.15, 0.2) is 5.82 Å². The van der Waals surface area contributed by atoms with Crippen LogP contribution >= 0.6 is 0 Å². The van der Waals surface area contributed by atoms with Crippen LogP contribution < -0.4 is 5.73 Å². The molecule has 6 nitrogen and oxygen atoms in total. The number of hydrogen-bond acceptors (Lipinski definition) is 5. The molecule has 0 bridgehead atoms. The maximum Gasteiger partial charge on any atom is 0.200 e. The van der Waals surface area contributed by atoms with Gasteiger partial charge in [-0.15, -0.1) is 10.2 Å². The number of rotatable bonds is 4. The molecule has 6 heteroatoms. The normalized spacial score (nSPS) is 10.4. The zero-order chi connectivity index (χ0) is 8.10. The number of tetrazole rings is 1. The molecule has 0 aliphatic heterocycles. The van der Waals surface area contributed by atoms with Gasteiger partial charge in [0.2, 0.25) is 0 Å². The van der Waals surface area contributed by atoms with Crippen LogP contribution in [0.25, 0.3) is 0 Å². The lowest BCUT2D eigenvalue weighted by Gasteiger charge is -1.91. The Hall–Kier alpha value is -1.01. The summed E-state index contributed by atoms with van der Waals surface area (Å²) in [4.78, 5) is 1.45. The molecule has 0 unspecified atom stereocenters. The van der Waals surface area contributed by atoms with Gasteiger partial charge in [-0.25, -0.2) is 0 Å². The van der Waals surface area contributed by atoms with Gasteiger partial charge in [0.1, 0.15) is 6.61 Å². The Labute approximate surface area is 64.3 Å². The van der Waals surface area contributed by atoms with Gasteiger partial charge < -0.3 is 10.5 Å². The molecule has 0 atom stereocenters. The predicted molar refractivity (Wildman–Crippen MR) is 37.6 cm³/mol. The molecule has 0 aromatic carbocycles. The van der Waals surface area contributed by atoms with E-state index in [9.17, 15) is 0 Å². The van der Waals surface area contributed by atoms with E-state index >= 15 is 0 Å². The Morgan fingerprint density at radius 3 is 3.09 bits per heavy atom. The van der Waals surface area contributed by atoms with Crippen molar-refractivity contribution in [3.63, 3.8) is 0 Å². The van der Waals surface area contributed by atoms with E-state index in [1.54, 1.807) is 7.11 Å². The fourth-order valence-corrected chi connectivity index (χ4v) is 0.674. The summed E-state index contributed by atoms with van der Waals surface area (Å²) in [6, 6.07) is 0. The minimum atomic E-state index is 0.393. The number of ether oxygens (including phenoxy) is 1. The van der Waals surface area contributed by atoms with Gasteiger partial charge >= 0.3 is 0 Å². The highest BCUT2D eigenvalue weighted by atomic mass is 16.5. The van der Waals surface area contributed by atoms with Crippen LogP contribution in [0.15, 0.2) is 0 Å². The second kappa shape index (κ2) is 3.99. The molecule has 0 aliphatic carbocycles. The Morgan fingerprint density at radius 1 is 1.64 bits per heavy atom. The molecule has 1 rings (SSSR count). The van der Waals surface area contributed by atoms with Crippen molar-refractivity contribution in [2.45, 2.75) is 13.2 Å². The predicted octanol–water partition coefficient (Wildman–Crippen LogP) is -1.22. The molecule has 0 radical (unpaired) electrons. The molecule has 0 spiro atoms. The average molecular weight is 157 g/mol. The Kier molecular flexibility index (Phi) is 2.94. The van der Waals surface area contributed by atoms with Crippen LogP contribution in [0, 0.1) is 0 Å². The molecule has 1 aromatic rings. The van der Waals surface area contributed by atoms with Crippen molar-refractivity contribution in [2.75, 3.05) is 13.7 Å². The monoisotopic (exact) mass is 157 g/mol. The van der Waals surface area contributed by atoms with E-state index in [-0.39, 0.29) is 0 Å². The zero-order valence-corrected chi connectivity index (χ0v) is 6.40. The Balaban J connectivity index is 2.51. The van der Waals surface area contributed by atoms with Crippen molar-refractivity contribution in [3.05, 3.63) is 5.82 Å². The molecule has 1 heterocycles. The molecule has 1 aromatic heterocycles. The number of nitrogens with two attached hydrogens (primary N) is 1. The topological polar surface area (TPSA) is 78.9 Å². The first-order chi connectivity index (χ1) is 5.36. The lowest BCUT2D eigenvalue weighted by atomic mass is 10.7. The number of aromatic nitrogens is 4. The summed E-state index contributed by atoms with van der Waals surface area (Å²) in [7, 11) is 1.59. The average Bonchev–Trinajstić information content (AvgIpc) is 2.38. The first-order valence-corrected chi connectivity index (χ1v) is 3.32. The van der Waals surface area contributed by atoms with Crippen molar-refractivity contribution in [2.24, 2.45) is 5.73 Å². The Bertz CT molecular complexity index is 190. The van der Waals surface area contributed by atoms with Gasteiger partial charge in [0.25, 0.3) is 0 Å². The molecule has 0 aliphatic rings. The first-order valence-electron chi connectivity index (χ1n) is 3.32. The van der Waals surface area contributed by atoms with Crippen molar-refractivity contribution >= 4 is 0 Å². The van der Waals surface area contributed by atoms with Crippen molar-refractivity contribution < 1.29 is 4.74 Å². The van der Waals surface area contributed by atoms with Crippen LogP contribution in [-0.4, -0.2) is 33.9 Å². The third-order valence-corrected chi connectivity index (χ3v) is 1.10. The SMILES string of the molecule is COCc1nnn(CCN)n1. The minimum absolute atomic E-state index is 0.393. The van der Waals surface area contributed by atoms with Crippen LogP contribution in [0.5, 0.6) is 0 Å². The Morgan fingerprint density at radius 2 is 2.45 bits per heavy atom. The fraction of sp³-hybridized carbons (Fsp3) is 0.800. The van der Waals surface area contributed by atoms with Crippen LogP contribution in [0.3, 0.4) is 0 Å². The third-order valence-electron chi connectivity index (χ3n) is 1.10. The number of hydrogen-bond donors (Lipinski definition) is 1. The summed E-state index contributed by atoms with van der Waals surface area (Å²) >= 11 is 0. The molecule has 0 saturated carbocycles. The first kappa shape index (κ1) is 8.09. The van der Waals surface area contributed by atoms with Crippen LogP contribution in [0.2, 0.25) is 0 Å². The molecule has 0 saturated heterocycles. The molecule has 11 heavy (non-hydrogen) atoms. The van der Waals surface area contributed by atoms with E-state index in [0.717, 1.165) is 0 Å². The van der Waals surface area contributed by atoms with Gasteiger partial charge in [-0.2, -0.15) is 4.80 Å². The molecular formula is C5H11N5O. The van der Waals surface area contributed by atoms with Gasteiger partial charge in [0, 0.05) is 13.7 Å². The molecule has 62 valence electrons. The molecular weight excluding hydrogens is 146 g/mol. The van der Waals surface area contributed by atoms with Crippen molar-refractivity contribution in [3.8, 4) is 0 Å². The van der Waals surface area contributed by atoms with E-state index < -0.39 is 0 Å². The minimum Gasteiger partial charge on any atom is -0.377 e. The summed E-state index contributed by atoms with van der Waals surface area (Å²) in [5, 5.41) is 11.4. The largest absolute Gasteiger partial charge is 0.377 e. The number of nitrogens with zero attached hydrogens (tertiary/aromatic N) is 4.